The van der Waals surface area contributed by atoms with Crippen LogP contribution in [0.15, 0.2) is 0 Å². The Balaban J connectivity index is 2.29. The van der Waals surface area contributed by atoms with E-state index in [-0.39, 0.29) is 12.5 Å². The largest absolute Gasteiger partial charge is 0.396 e. The molecule has 0 radical (unpaired) electrons. The Morgan fingerprint density at radius 1 is 1.13 bits per heavy atom. The fourth-order valence-corrected chi connectivity index (χ4v) is 2.56. The predicted molar refractivity (Wildman–Crippen MR) is 52.4 cm³/mol. The van der Waals surface area contributed by atoms with Crippen molar-refractivity contribution in [2.24, 2.45) is 11.8 Å². The monoisotopic (exact) mass is 224 g/mol. The van der Waals surface area contributed by atoms with Gasteiger partial charge in [-0.2, -0.15) is 13.2 Å². The van der Waals surface area contributed by atoms with E-state index in [4.69, 9.17) is 5.11 Å². The third-order valence-corrected chi connectivity index (χ3v) is 3.18. The second kappa shape index (κ2) is 5.73. The van der Waals surface area contributed by atoms with Crippen LogP contribution >= 0.6 is 0 Å². The molecule has 0 amide bonds. The van der Waals surface area contributed by atoms with Crippen LogP contribution in [0.1, 0.15) is 44.9 Å². The van der Waals surface area contributed by atoms with Crippen molar-refractivity contribution in [2.45, 2.75) is 51.1 Å². The highest BCUT2D eigenvalue weighted by atomic mass is 19.4. The summed E-state index contributed by atoms with van der Waals surface area (Å²) in [6.07, 6.45) is 0.334. The number of hydrogen-bond donors (Lipinski definition) is 1. The molecular weight excluding hydrogens is 205 g/mol. The second-order valence-corrected chi connectivity index (χ2v) is 4.58. The summed E-state index contributed by atoms with van der Waals surface area (Å²) in [5, 5.41) is 8.67. The molecular formula is C11H19F3O. The van der Waals surface area contributed by atoms with Gasteiger partial charge in [0.25, 0.3) is 0 Å². The molecule has 1 N–H and O–H groups in total. The Morgan fingerprint density at radius 3 is 2.40 bits per heavy atom. The van der Waals surface area contributed by atoms with Gasteiger partial charge in [0, 0.05) is 13.0 Å². The Hall–Kier alpha value is -0.250. The summed E-state index contributed by atoms with van der Waals surface area (Å²) in [7, 11) is 0. The number of rotatable bonds is 4. The van der Waals surface area contributed by atoms with Gasteiger partial charge < -0.3 is 5.11 Å². The van der Waals surface area contributed by atoms with Crippen LogP contribution < -0.4 is 0 Å². The number of alkyl halides is 3. The predicted octanol–water partition coefficient (Wildman–Crippen LogP) is 3.52. The summed E-state index contributed by atoms with van der Waals surface area (Å²) in [5.41, 5.74) is 0. The van der Waals surface area contributed by atoms with Gasteiger partial charge in [0.15, 0.2) is 0 Å². The fraction of sp³-hybridized carbons (Fsp3) is 1.00. The Morgan fingerprint density at radius 2 is 1.80 bits per heavy atom. The van der Waals surface area contributed by atoms with Crippen molar-refractivity contribution in [1.29, 1.82) is 0 Å². The standard InChI is InChI=1S/C11H19F3O/c12-11(13,14)8-10-4-1-3-9(7-10)5-2-6-15/h9-10,15H,1-8H2. The fourth-order valence-electron chi connectivity index (χ4n) is 2.56. The van der Waals surface area contributed by atoms with Crippen LogP contribution in [0.2, 0.25) is 0 Å². The molecule has 1 saturated carbocycles. The van der Waals surface area contributed by atoms with Crippen LogP contribution in [-0.4, -0.2) is 17.9 Å². The molecule has 2 atom stereocenters. The van der Waals surface area contributed by atoms with Crippen molar-refractivity contribution >= 4 is 0 Å². The van der Waals surface area contributed by atoms with Crippen LogP contribution in [-0.2, 0) is 0 Å². The summed E-state index contributed by atoms with van der Waals surface area (Å²) >= 11 is 0. The van der Waals surface area contributed by atoms with E-state index < -0.39 is 12.6 Å². The lowest BCUT2D eigenvalue weighted by Gasteiger charge is -2.29. The third-order valence-electron chi connectivity index (χ3n) is 3.18. The molecule has 1 aliphatic carbocycles. The number of aliphatic hydroxyl groups is 1. The lowest BCUT2D eigenvalue weighted by atomic mass is 9.78. The highest BCUT2D eigenvalue weighted by Gasteiger charge is 2.34. The molecule has 0 aromatic heterocycles. The summed E-state index contributed by atoms with van der Waals surface area (Å²) in [4.78, 5) is 0. The molecule has 1 rings (SSSR count). The highest BCUT2D eigenvalue weighted by Crippen LogP contribution is 2.38. The third kappa shape index (κ3) is 5.40. The molecule has 1 nitrogen and oxygen atoms in total. The van der Waals surface area contributed by atoms with Gasteiger partial charge in [0.1, 0.15) is 0 Å². The molecule has 0 aromatic rings. The molecule has 4 heteroatoms. The van der Waals surface area contributed by atoms with E-state index in [1.54, 1.807) is 0 Å². The first-order valence-corrected chi connectivity index (χ1v) is 5.69. The van der Waals surface area contributed by atoms with E-state index in [1.165, 1.54) is 0 Å². The molecule has 0 aliphatic heterocycles. The van der Waals surface area contributed by atoms with Gasteiger partial charge in [-0.05, 0) is 31.1 Å². The normalized spacial score (nSPS) is 28.0. The minimum absolute atomic E-state index is 0.153. The van der Waals surface area contributed by atoms with Gasteiger partial charge >= 0.3 is 6.18 Å². The molecule has 90 valence electrons. The van der Waals surface area contributed by atoms with Crippen LogP contribution in [0, 0.1) is 11.8 Å². The molecule has 0 heterocycles. The summed E-state index contributed by atoms with van der Waals surface area (Å²) in [6, 6.07) is 0. The van der Waals surface area contributed by atoms with Gasteiger partial charge in [-0.1, -0.05) is 19.3 Å². The maximum Gasteiger partial charge on any atom is 0.389 e. The summed E-state index contributed by atoms with van der Waals surface area (Å²) < 4.78 is 36.5. The minimum atomic E-state index is -4.01. The van der Waals surface area contributed by atoms with Crippen LogP contribution in [0.5, 0.6) is 0 Å². The molecule has 1 fully saturated rings. The first-order valence-electron chi connectivity index (χ1n) is 5.69. The van der Waals surface area contributed by atoms with Crippen LogP contribution in [0.3, 0.4) is 0 Å². The number of aliphatic hydroxyl groups excluding tert-OH is 1. The lowest BCUT2D eigenvalue weighted by Crippen LogP contribution is -2.22. The molecule has 0 spiro atoms. The topological polar surface area (TPSA) is 20.2 Å². The van der Waals surface area contributed by atoms with Crippen molar-refractivity contribution in [3.8, 4) is 0 Å². The average Bonchev–Trinajstić information content (AvgIpc) is 2.12. The Kier molecular flexibility index (Phi) is 4.90. The van der Waals surface area contributed by atoms with Crippen molar-refractivity contribution in [1.82, 2.24) is 0 Å². The van der Waals surface area contributed by atoms with Crippen LogP contribution in [0.4, 0.5) is 13.2 Å². The van der Waals surface area contributed by atoms with Crippen molar-refractivity contribution in [2.75, 3.05) is 6.61 Å². The second-order valence-electron chi connectivity index (χ2n) is 4.58. The van der Waals surface area contributed by atoms with Crippen molar-refractivity contribution < 1.29 is 18.3 Å². The molecule has 0 bridgehead atoms. The van der Waals surface area contributed by atoms with Gasteiger partial charge in [-0.3, -0.25) is 0 Å². The molecule has 15 heavy (non-hydrogen) atoms. The quantitative estimate of drug-likeness (QED) is 0.774. The maximum absolute atomic E-state index is 12.2. The summed E-state index contributed by atoms with van der Waals surface area (Å²) in [5.74, 6) is 0.223. The lowest BCUT2D eigenvalue weighted by molar-refractivity contribution is -0.147. The molecule has 0 aromatic carbocycles. The van der Waals surface area contributed by atoms with E-state index >= 15 is 0 Å². The zero-order valence-electron chi connectivity index (χ0n) is 8.89. The zero-order valence-corrected chi connectivity index (χ0v) is 8.89. The number of halogens is 3. The first-order chi connectivity index (χ1) is 7.01. The SMILES string of the molecule is OCCCC1CCCC(CC(F)(F)F)C1. The Labute approximate surface area is 88.7 Å². The van der Waals surface area contributed by atoms with E-state index in [0.29, 0.717) is 12.3 Å². The van der Waals surface area contributed by atoms with Gasteiger partial charge in [0.05, 0.1) is 0 Å². The van der Waals surface area contributed by atoms with E-state index in [9.17, 15) is 13.2 Å². The maximum atomic E-state index is 12.2. The molecule has 0 saturated heterocycles. The van der Waals surface area contributed by atoms with Crippen molar-refractivity contribution in [3.05, 3.63) is 0 Å². The van der Waals surface area contributed by atoms with Gasteiger partial charge in [-0.15, -0.1) is 0 Å². The van der Waals surface area contributed by atoms with E-state index in [2.05, 4.69) is 0 Å². The zero-order chi connectivity index (χ0) is 11.3. The average molecular weight is 224 g/mol. The summed E-state index contributed by atoms with van der Waals surface area (Å²) in [6.45, 7) is 0.153. The van der Waals surface area contributed by atoms with Gasteiger partial charge in [-0.25, -0.2) is 0 Å². The van der Waals surface area contributed by atoms with Crippen molar-refractivity contribution in [3.63, 3.8) is 0 Å². The molecule has 2 unspecified atom stereocenters. The molecule has 1 aliphatic rings. The van der Waals surface area contributed by atoms with E-state index in [1.807, 2.05) is 0 Å². The highest BCUT2D eigenvalue weighted by molar-refractivity contribution is 4.75. The first kappa shape index (κ1) is 12.8. The minimum Gasteiger partial charge on any atom is -0.396 e. The van der Waals surface area contributed by atoms with Crippen LogP contribution in [0.25, 0.3) is 0 Å². The van der Waals surface area contributed by atoms with Gasteiger partial charge in [0.2, 0.25) is 0 Å². The Bertz CT molecular complexity index is 179. The number of hydrogen-bond acceptors (Lipinski definition) is 1. The smallest absolute Gasteiger partial charge is 0.389 e. The van der Waals surface area contributed by atoms with E-state index in [0.717, 1.165) is 32.1 Å².